The summed E-state index contributed by atoms with van der Waals surface area (Å²) >= 11 is 0. The molecule has 3 rings (SSSR count). The first-order valence-electron chi connectivity index (χ1n) is 7.19. The van der Waals surface area contributed by atoms with Crippen LogP contribution >= 0.6 is 0 Å². The van der Waals surface area contributed by atoms with Gasteiger partial charge < -0.3 is 4.74 Å². The highest BCUT2D eigenvalue weighted by Gasteiger charge is 2.10. The van der Waals surface area contributed by atoms with Gasteiger partial charge in [-0.25, -0.2) is 5.43 Å². The lowest BCUT2D eigenvalue weighted by Gasteiger charge is -2.00. The van der Waals surface area contributed by atoms with Crippen molar-refractivity contribution in [2.24, 2.45) is 5.10 Å². The predicted molar refractivity (Wildman–Crippen MR) is 89.9 cm³/mol. The second kappa shape index (κ2) is 7.19. The van der Waals surface area contributed by atoms with Crippen molar-refractivity contribution in [2.45, 2.75) is 0 Å². The van der Waals surface area contributed by atoms with E-state index < -0.39 is 0 Å². The number of H-pyrrole nitrogens is 1. The molecular weight excluding hydrogens is 306 g/mol. The van der Waals surface area contributed by atoms with Gasteiger partial charge >= 0.3 is 0 Å². The van der Waals surface area contributed by atoms with Gasteiger partial charge in [0.2, 0.25) is 0 Å². The standard InChI is InChI=1S/C17H15N5O2/c1-24-14-4-2-13(3-5-14)15-10-16(21-20-15)17(23)22-19-11-12-6-8-18-9-7-12/h2-11H,1H3,(H,20,21)(H,22,23)/b19-11+. The van der Waals surface area contributed by atoms with E-state index in [0.717, 1.165) is 16.9 Å². The minimum Gasteiger partial charge on any atom is -0.497 e. The Kier molecular flexibility index (Phi) is 4.62. The van der Waals surface area contributed by atoms with Gasteiger partial charge in [-0.05, 0) is 48.0 Å². The third-order valence-electron chi connectivity index (χ3n) is 3.29. The van der Waals surface area contributed by atoms with E-state index in [4.69, 9.17) is 4.74 Å². The van der Waals surface area contributed by atoms with Crippen molar-refractivity contribution < 1.29 is 9.53 Å². The second-order valence-corrected chi connectivity index (χ2v) is 4.88. The molecule has 120 valence electrons. The number of carbonyl (C=O) groups is 1. The number of hydrogen-bond donors (Lipinski definition) is 2. The monoisotopic (exact) mass is 321 g/mol. The summed E-state index contributed by atoms with van der Waals surface area (Å²) in [4.78, 5) is 16.0. The van der Waals surface area contributed by atoms with Gasteiger partial charge in [-0.1, -0.05) is 0 Å². The average molecular weight is 321 g/mol. The molecule has 2 aromatic heterocycles. The Bertz CT molecular complexity index is 841. The Morgan fingerprint density at radius 3 is 2.67 bits per heavy atom. The number of amides is 1. The minimum absolute atomic E-state index is 0.327. The first-order chi connectivity index (χ1) is 11.8. The Labute approximate surface area is 138 Å². The highest BCUT2D eigenvalue weighted by atomic mass is 16.5. The molecule has 0 fully saturated rings. The molecule has 0 bridgehead atoms. The maximum Gasteiger partial charge on any atom is 0.289 e. The summed E-state index contributed by atoms with van der Waals surface area (Å²) in [6.45, 7) is 0. The van der Waals surface area contributed by atoms with Crippen LogP contribution in [0.25, 0.3) is 11.3 Å². The van der Waals surface area contributed by atoms with E-state index in [1.807, 2.05) is 24.3 Å². The van der Waals surface area contributed by atoms with Gasteiger partial charge in [0.25, 0.3) is 5.91 Å². The molecule has 1 amide bonds. The van der Waals surface area contributed by atoms with Crippen molar-refractivity contribution in [1.82, 2.24) is 20.6 Å². The van der Waals surface area contributed by atoms with Crippen LogP contribution in [0, 0.1) is 0 Å². The summed E-state index contributed by atoms with van der Waals surface area (Å²) in [6, 6.07) is 12.7. The zero-order valence-corrected chi connectivity index (χ0v) is 12.9. The quantitative estimate of drug-likeness (QED) is 0.557. The van der Waals surface area contributed by atoms with Gasteiger partial charge in [-0.2, -0.15) is 10.2 Å². The molecule has 7 nitrogen and oxygen atoms in total. The van der Waals surface area contributed by atoms with Crippen molar-refractivity contribution >= 4 is 12.1 Å². The predicted octanol–water partition coefficient (Wildman–Crippen LogP) is 2.24. The normalized spacial score (nSPS) is 10.7. The highest BCUT2D eigenvalue weighted by molar-refractivity contribution is 5.94. The summed E-state index contributed by atoms with van der Waals surface area (Å²) in [7, 11) is 1.61. The fourth-order valence-corrected chi connectivity index (χ4v) is 2.02. The molecule has 0 saturated carbocycles. The maximum absolute atomic E-state index is 12.1. The molecule has 0 spiro atoms. The second-order valence-electron chi connectivity index (χ2n) is 4.88. The number of nitrogens with zero attached hydrogens (tertiary/aromatic N) is 3. The van der Waals surface area contributed by atoms with Crippen LogP contribution in [0.5, 0.6) is 5.75 Å². The van der Waals surface area contributed by atoms with Crippen LogP contribution in [0.3, 0.4) is 0 Å². The fourth-order valence-electron chi connectivity index (χ4n) is 2.02. The third-order valence-corrected chi connectivity index (χ3v) is 3.29. The SMILES string of the molecule is COc1ccc(-c2cc(C(=O)N/N=C/c3ccncc3)[nH]n2)cc1. The van der Waals surface area contributed by atoms with E-state index in [1.54, 1.807) is 43.9 Å². The van der Waals surface area contributed by atoms with Gasteiger partial charge in [0.05, 0.1) is 19.0 Å². The molecule has 0 radical (unpaired) electrons. The van der Waals surface area contributed by atoms with Gasteiger partial charge in [-0.15, -0.1) is 0 Å². The molecule has 0 aliphatic heterocycles. The summed E-state index contributed by atoms with van der Waals surface area (Å²) < 4.78 is 5.12. The van der Waals surface area contributed by atoms with Crippen LogP contribution in [-0.4, -0.2) is 34.4 Å². The van der Waals surface area contributed by atoms with Crippen LogP contribution in [-0.2, 0) is 0 Å². The van der Waals surface area contributed by atoms with E-state index in [1.165, 1.54) is 0 Å². The number of methoxy groups -OCH3 is 1. The Morgan fingerprint density at radius 1 is 1.21 bits per heavy atom. The number of rotatable bonds is 5. The summed E-state index contributed by atoms with van der Waals surface area (Å²) in [6.07, 6.45) is 4.85. The van der Waals surface area contributed by atoms with Crippen LogP contribution < -0.4 is 10.2 Å². The first-order valence-corrected chi connectivity index (χ1v) is 7.19. The molecule has 3 aromatic rings. The van der Waals surface area contributed by atoms with Crippen LogP contribution in [0.4, 0.5) is 0 Å². The zero-order chi connectivity index (χ0) is 16.8. The van der Waals surface area contributed by atoms with Crippen molar-refractivity contribution in [3.63, 3.8) is 0 Å². The molecule has 0 saturated heterocycles. The van der Waals surface area contributed by atoms with Gasteiger partial charge in [0.15, 0.2) is 0 Å². The molecule has 0 atom stereocenters. The molecule has 2 heterocycles. The van der Waals surface area contributed by atoms with Crippen LogP contribution in [0.15, 0.2) is 60.0 Å². The molecule has 0 aliphatic rings. The molecule has 2 N–H and O–H groups in total. The van der Waals surface area contributed by atoms with Crippen molar-refractivity contribution in [3.05, 3.63) is 66.1 Å². The number of aromatic nitrogens is 3. The molecule has 0 aliphatic carbocycles. The number of hydrazone groups is 1. The minimum atomic E-state index is -0.368. The zero-order valence-electron chi connectivity index (χ0n) is 12.9. The number of benzene rings is 1. The van der Waals surface area contributed by atoms with E-state index >= 15 is 0 Å². The smallest absolute Gasteiger partial charge is 0.289 e. The van der Waals surface area contributed by atoms with E-state index in [0.29, 0.717) is 11.4 Å². The lowest BCUT2D eigenvalue weighted by molar-refractivity contribution is 0.0950. The number of pyridine rings is 1. The van der Waals surface area contributed by atoms with Crippen molar-refractivity contribution in [2.75, 3.05) is 7.11 Å². The number of ether oxygens (including phenoxy) is 1. The van der Waals surface area contributed by atoms with E-state index in [2.05, 4.69) is 25.7 Å². The lowest BCUT2D eigenvalue weighted by atomic mass is 10.1. The average Bonchev–Trinajstić information content (AvgIpc) is 3.13. The number of hydrogen-bond acceptors (Lipinski definition) is 5. The highest BCUT2D eigenvalue weighted by Crippen LogP contribution is 2.21. The Balaban J connectivity index is 1.66. The third kappa shape index (κ3) is 3.64. The largest absolute Gasteiger partial charge is 0.497 e. The first kappa shape index (κ1) is 15.4. The molecular formula is C17H15N5O2. The number of nitrogens with one attached hydrogen (secondary N) is 2. The Hall–Kier alpha value is -3.48. The fraction of sp³-hybridized carbons (Fsp3) is 0.0588. The van der Waals surface area contributed by atoms with Gasteiger partial charge in [0, 0.05) is 18.0 Å². The van der Waals surface area contributed by atoms with Crippen molar-refractivity contribution in [3.8, 4) is 17.0 Å². The van der Waals surface area contributed by atoms with E-state index in [-0.39, 0.29) is 5.91 Å². The molecule has 7 heteroatoms. The van der Waals surface area contributed by atoms with E-state index in [9.17, 15) is 4.79 Å². The molecule has 24 heavy (non-hydrogen) atoms. The number of carbonyl (C=O) groups excluding carboxylic acids is 1. The topological polar surface area (TPSA) is 92.3 Å². The lowest BCUT2D eigenvalue weighted by Crippen LogP contribution is -2.17. The summed E-state index contributed by atoms with van der Waals surface area (Å²) in [5, 5.41) is 10.8. The Morgan fingerprint density at radius 2 is 1.96 bits per heavy atom. The van der Waals surface area contributed by atoms with Crippen molar-refractivity contribution in [1.29, 1.82) is 0 Å². The summed E-state index contributed by atoms with van der Waals surface area (Å²) in [5.41, 5.74) is 5.17. The molecule has 0 unspecified atom stereocenters. The molecule has 1 aromatic carbocycles. The maximum atomic E-state index is 12.1. The van der Waals surface area contributed by atoms with Gasteiger partial charge in [-0.3, -0.25) is 14.9 Å². The van der Waals surface area contributed by atoms with Crippen LogP contribution in [0.2, 0.25) is 0 Å². The number of aromatic amines is 1. The van der Waals surface area contributed by atoms with Crippen LogP contribution in [0.1, 0.15) is 16.1 Å². The summed E-state index contributed by atoms with van der Waals surface area (Å²) in [5.74, 6) is 0.394. The van der Waals surface area contributed by atoms with Gasteiger partial charge in [0.1, 0.15) is 11.4 Å².